The molecule has 1 fully saturated rings. The number of esters is 1. The Labute approximate surface area is 130 Å². The summed E-state index contributed by atoms with van der Waals surface area (Å²) in [5, 5.41) is 0. The van der Waals surface area contributed by atoms with Crippen LogP contribution in [0.3, 0.4) is 0 Å². The van der Waals surface area contributed by atoms with Crippen molar-refractivity contribution in [2.45, 2.75) is 25.6 Å². The summed E-state index contributed by atoms with van der Waals surface area (Å²) in [5.41, 5.74) is 2.31. The first-order chi connectivity index (χ1) is 10.8. The van der Waals surface area contributed by atoms with E-state index < -0.39 is 0 Å². The van der Waals surface area contributed by atoms with Crippen LogP contribution in [0, 0.1) is 5.92 Å². The van der Waals surface area contributed by atoms with E-state index >= 15 is 0 Å². The van der Waals surface area contributed by atoms with Crippen molar-refractivity contribution < 1.29 is 14.3 Å². The molecule has 1 saturated heterocycles. The highest BCUT2D eigenvalue weighted by Gasteiger charge is 2.34. The van der Waals surface area contributed by atoms with Gasteiger partial charge in [0.05, 0.1) is 19.1 Å². The average molecular weight is 296 g/mol. The molecule has 3 heteroatoms. The van der Waals surface area contributed by atoms with Crippen LogP contribution in [0.25, 0.3) is 0 Å². The zero-order chi connectivity index (χ0) is 15.2. The van der Waals surface area contributed by atoms with Gasteiger partial charge in [-0.3, -0.25) is 4.79 Å². The van der Waals surface area contributed by atoms with Gasteiger partial charge in [-0.05, 0) is 17.5 Å². The maximum atomic E-state index is 11.9. The van der Waals surface area contributed by atoms with Crippen LogP contribution in [0.5, 0.6) is 0 Å². The molecule has 114 valence electrons. The Morgan fingerprint density at radius 2 is 1.59 bits per heavy atom. The largest absolute Gasteiger partial charge is 0.460 e. The maximum absolute atomic E-state index is 11.9. The molecule has 0 bridgehead atoms. The number of cyclic esters (lactones) is 1. The SMILES string of the molecule is O=C1O[C@@H](COCc2ccccc2)C[C@@H]1Cc1ccccc1. The smallest absolute Gasteiger partial charge is 0.309 e. The fraction of sp³-hybridized carbons (Fsp3) is 0.316. The van der Waals surface area contributed by atoms with E-state index in [0.717, 1.165) is 18.4 Å². The lowest BCUT2D eigenvalue weighted by Gasteiger charge is -2.09. The topological polar surface area (TPSA) is 35.5 Å². The second kappa shape index (κ2) is 7.23. The fourth-order valence-electron chi connectivity index (χ4n) is 2.77. The minimum absolute atomic E-state index is 0.0484. The van der Waals surface area contributed by atoms with E-state index in [4.69, 9.17) is 9.47 Å². The number of hydrogen-bond acceptors (Lipinski definition) is 3. The molecule has 0 unspecified atom stereocenters. The summed E-state index contributed by atoms with van der Waals surface area (Å²) in [6.45, 7) is 1.02. The van der Waals surface area contributed by atoms with E-state index in [-0.39, 0.29) is 18.0 Å². The molecular formula is C19H20O3. The Bertz CT molecular complexity index is 595. The lowest BCUT2D eigenvalue weighted by molar-refractivity contribution is -0.146. The number of rotatable bonds is 6. The molecule has 0 saturated carbocycles. The van der Waals surface area contributed by atoms with E-state index in [1.807, 2.05) is 60.7 Å². The van der Waals surface area contributed by atoms with Gasteiger partial charge in [0.2, 0.25) is 0 Å². The van der Waals surface area contributed by atoms with Crippen LogP contribution in [-0.2, 0) is 27.3 Å². The van der Waals surface area contributed by atoms with Crippen molar-refractivity contribution in [3.8, 4) is 0 Å². The van der Waals surface area contributed by atoms with Gasteiger partial charge >= 0.3 is 5.97 Å². The Balaban J connectivity index is 1.45. The van der Waals surface area contributed by atoms with Gasteiger partial charge in [0.25, 0.3) is 0 Å². The molecule has 3 nitrogen and oxygen atoms in total. The second-order valence-corrected chi connectivity index (χ2v) is 5.68. The summed E-state index contributed by atoms with van der Waals surface area (Å²) in [4.78, 5) is 11.9. The summed E-state index contributed by atoms with van der Waals surface area (Å²) < 4.78 is 11.1. The average Bonchev–Trinajstić information content (AvgIpc) is 2.89. The summed E-state index contributed by atoms with van der Waals surface area (Å²) in [6.07, 6.45) is 1.36. The summed E-state index contributed by atoms with van der Waals surface area (Å²) in [7, 11) is 0. The van der Waals surface area contributed by atoms with Crippen molar-refractivity contribution in [1.82, 2.24) is 0 Å². The first kappa shape index (κ1) is 14.8. The number of ether oxygens (including phenoxy) is 2. The number of carbonyl (C=O) groups excluding carboxylic acids is 1. The molecular weight excluding hydrogens is 276 g/mol. The van der Waals surface area contributed by atoms with Crippen molar-refractivity contribution in [2.75, 3.05) is 6.61 Å². The molecule has 0 N–H and O–H groups in total. The van der Waals surface area contributed by atoms with E-state index in [1.165, 1.54) is 5.56 Å². The molecule has 2 aromatic rings. The van der Waals surface area contributed by atoms with Crippen molar-refractivity contribution >= 4 is 5.97 Å². The van der Waals surface area contributed by atoms with Crippen molar-refractivity contribution in [3.63, 3.8) is 0 Å². The molecule has 0 aromatic heterocycles. The third-order valence-corrected chi connectivity index (χ3v) is 3.90. The zero-order valence-corrected chi connectivity index (χ0v) is 12.5. The van der Waals surface area contributed by atoms with Crippen LogP contribution in [0.4, 0.5) is 0 Å². The van der Waals surface area contributed by atoms with E-state index in [2.05, 4.69) is 0 Å². The standard InChI is InChI=1S/C19H20O3/c20-19-17(11-15-7-3-1-4-8-15)12-18(22-19)14-21-13-16-9-5-2-6-10-16/h1-10,17-18H,11-14H2/t17-,18+/m0/s1. The van der Waals surface area contributed by atoms with Gasteiger partial charge in [-0.25, -0.2) is 0 Å². The van der Waals surface area contributed by atoms with Gasteiger partial charge in [0, 0.05) is 6.42 Å². The molecule has 1 aliphatic rings. The highest BCUT2D eigenvalue weighted by molar-refractivity contribution is 5.75. The van der Waals surface area contributed by atoms with Gasteiger partial charge in [-0.2, -0.15) is 0 Å². The highest BCUT2D eigenvalue weighted by atomic mass is 16.6. The fourth-order valence-corrected chi connectivity index (χ4v) is 2.77. The normalized spacial score (nSPS) is 20.8. The van der Waals surface area contributed by atoms with E-state index in [9.17, 15) is 4.79 Å². The van der Waals surface area contributed by atoms with E-state index in [1.54, 1.807) is 0 Å². The Morgan fingerprint density at radius 3 is 2.27 bits per heavy atom. The third-order valence-electron chi connectivity index (χ3n) is 3.90. The Morgan fingerprint density at radius 1 is 0.955 bits per heavy atom. The molecule has 1 aliphatic heterocycles. The lowest BCUT2D eigenvalue weighted by Crippen LogP contribution is -2.14. The molecule has 0 aliphatic carbocycles. The molecule has 3 rings (SSSR count). The number of benzene rings is 2. The predicted molar refractivity (Wildman–Crippen MR) is 84.2 cm³/mol. The second-order valence-electron chi connectivity index (χ2n) is 5.68. The minimum atomic E-state index is -0.120. The molecule has 0 spiro atoms. The third kappa shape index (κ3) is 3.95. The number of carbonyl (C=O) groups is 1. The minimum Gasteiger partial charge on any atom is -0.460 e. The van der Waals surface area contributed by atoms with Crippen LogP contribution in [0.2, 0.25) is 0 Å². The van der Waals surface area contributed by atoms with Gasteiger partial charge in [-0.1, -0.05) is 60.7 Å². The van der Waals surface area contributed by atoms with Gasteiger partial charge < -0.3 is 9.47 Å². The Kier molecular flexibility index (Phi) is 4.86. The quantitative estimate of drug-likeness (QED) is 0.767. The van der Waals surface area contributed by atoms with Crippen LogP contribution < -0.4 is 0 Å². The van der Waals surface area contributed by atoms with E-state index in [0.29, 0.717) is 13.2 Å². The predicted octanol–water partition coefficient (Wildman–Crippen LogP) is 3.38. The highest BCUT2D eigenvalue weighted by Crippen LogP contribution is 2.25. The summed E-state index contributed by atoms with van der Waals surface area (Å²) in [5.74, 6) is -0.148. The summed E-state index contributed by atoms with van der Waals surface area (Å²) in [6, 6.07) is 20.1. The van der Waals surface area contributed by atoms with Crippen LogP contribution in [0.1, 0.15) is 17.5 Å². The van der Waals surface area contributed by atoms with Crippen molar-refractivity contribution in [1.29, 1.82) is 0 Å². The van der Waals surface area contributed by atoms with Crippen LogP contribution in [0.15, 0.2) is 60.7 Å². The number of hydrogen-bond donors (Lipinski definition) is 0. The molecule has 22 heavy (non-hydrogen) atoms. The maximum Gasteiger partial charge on any atom is 0.309 e. The van der Waals surface area contributed by atoms with Crippen molar-refractivity contribution in [3.05, 3.63) is 71.8 Å². The van der Waals surface area contributed by atoms with Gasteiger partial charge in [-0.15, -0.1) is 0 Å². The molecule has 2 atom stereocenters. The van der Waals surface area contributed by atoms with Gasteiger partial charge in [0.15, 0.2) is 0 Å². The molecule has 0 radical (unpaired) electrons. The zero-order valence-electron chi connectivity index (χ0n) is 12.5. The lowest BCUT2D eigenvalue weighted by atomic mass is 9.96. The summed E-state index contributed by atoms with van der Waals surface area (Å²) >= 11 is 0. The van der Waals surface area contributed by atoms with Gasteiger partial charge in [0.1, 0.15) is 6.10 Å². The Hall–Kier alpha value is -2.13. The molecule has 1 heterocycles. The van der Waals surface area contributed by atoms with Crippen molar-refractivity contribution in [2.24, 2.45) is 5.92 Å². The first-order valence-electron chi connectivity index (χ1n) is 7.67. The first-order valence-corrected chi connectivity index (χ1v) is 7.67. The monoisotopic (exact) mass is 296 g/mol. The van der Waals surface area contributed by atoms with Crippen LogP contribution in [-0.4, -0.2) is 18.7 Å². The molecule has 2 aromatic carbocycles. The van der Waals surface area contributed by atoms with Crippen LogP contribution >= 0.6 is 0 Å². The molecule has 0 amide bonds.